The van der Waals surface area contributed by atoms with Crippen LogP contribution in [0, 0.1) is 0 Å². The van der Waals surface area contributed by atoms with Gasteiger partial charge in [0.15, 0.2) is 0 Å². The number of alkyl halides is 3. The highest BCUT2D eigenvalue weighted by atomic mass is 35.5. The third kappa shape index (κ3) is 3.42. The molecule has 16 heavy (non-hydrogen) atoms. The molecular weight excluding hydrogens is 285 g/mol. The SMILES string of the molecule is N[C@@H](CC(F)(F)F)c1c(Cl)ccc(Cl)c1Cl. The van der Waals surface area contributed by atoms with E-state index >= 15 is 0 Å². The van der Waals surface area contributed by atoms with Gasteiger partial charge in [0.2, 0.25) is 0 Å². The third-order valence-electron chi connectivity index (χ3n) is 1.90. The molecule has 1 nitrogen and oxygen atoms in total. The second-order valence-corrected chi connectivity index (χ2v) is 4.38. The lowest BCUT2D eigenvalue weighted by Gasteiger charge is -2.17. The van der Waals surface area contributed by atoms with Crippen molar-refractivity contribution in [2.45, 2.75) is 18.6 Å². The molecule has 0 amide bonds. The fraction of sp³-hybridized carbons (Fsp3) is 0.333. The largest absolute Gasteiger partial charge is 0.390 e. The van der Waals surface area contributed by atoms with Crippen molar-refractivity contribution in [1.82, 2.24) is 0 Å². The summed E-state index contributed by atoms with van der Waals surface area (Å²) in [5.74, 6) is 0. The van der Waals surface area contributed by atoms with Crippen molar-refractivity contribution in [2.75, 3.05) is 0 Å². The Balaban J connectivity index is 3.08. The molecule has 0 saturated heterocycles. The summed E-state index contributed by atoms with van der Waals surface area (Å²) in [5, 5.41) is 0.163. The van der Waals surface area contributed by atoms with Gasteiger partial charge in [0, 0.05) is 16.6 Å². The van der Waals surface area contributed by atoms with Gasteiger partial charge in [0.05, 0.1) is 16.5 Å². The highest BCUT2D eigenvalue weighted by Gasteiger charge is 2.32. The summed E-state index contributed by atoms with van der Waals surface area (Å²) in [6, 6.07) is 1.44. The lowest BCUT2D eigenvalue weighted by atomic mass is 10.0. The van der Waals surface area contributed by atoms with Crippen molar-refractivity contribution < 1.29 is 13.2 Å². The number of rotatable bonds is 2. The lowest BCUT2D eigenvalue weighted by molar-refractivity contribution is -0.138. The summed E-state index contributed by atoms with van der Waals surface area (Å²) >= 11 is 17.2. The first-order chi connectivity index (χ1) is 7.22. The number of nitrogens with two attached hydrogens (primary N) is 1. The molecule has 1 aromatic rings. The summed E-state index contributed by atoms with van der Waals surface area (Å²) in [4.78, 5) is 0. The van der Waals surface area contributed by atoms with Gasteiger partial charge in [0.25, 0.3) is 0 Å². The maximum Gasteiger partial charge on any atom is 0.390 e. The molecule has 0 spiro atoms. The molecule has 0 heterocycles. The maximum atomic E-state index is 12.2. The number of halogens is 6. The molecule has 1 rings (SSSR count). The molecule has 0 aromatic heterocycles. The molecule has 7 heteroatoms. The Morgan fingerprint density at radius 2 is 1.62 bits per heavy atom. The molecule has 0 aliphatic heterocycles. The van der Waals surface area contributed by atoms with Gasteiger partial charge in [0.1, 0.15) is 0 Å². The van der Waals surface area contributed by atoms with Gasteiger partial charge in [-0.2, -0.15) is 13.2 Å². The van der Waals surface area contributed by atoms with Crippen molar-refractivity contribution >= 4 is 34.8 Å². The van der Waals surface area contributed by atoms with Crippen molar-refractivity contribution in [3.05, 3.63) is 32.8 Å². The Labute approximate surface area is 105 Å². The third-order valence-corrected chi connectivity index (χ3v) is 3.05. The fourth-order valence-electron chi connectivity index (χ4n) is 1.23. The van der Waals surface area contributed by atoms with Crippen LogP contribution in [0.4, 0.5) is 13.2 Å². The molecule has 0 saturated carbocycles. The van der Waals surface area contributed by atoms with Crippen molar-refractivity contribution in [2.24, 2.45) is 5.73 Å². The van der Waals surface area contributed by atoms with E-state index in [1.807, 2.05) is 0 Å². The maximum absolute atomic E-state index is 12.2. The van der Waals surface area contributed by atoms with Gasteiger partial charge < -0.3 is 5.73 Å². The van der Waals surface area contributed by atoms with Crippen molar-refractivity contribution in [1.29, 1.82) is 0 Å². The van der Waals surface area contributed by atoms with E-state index in [4.69, 9.17) is 40.5 Å². The van der Waals surface area contributed by atoms with Gasteiger partial charge >= 0.3 is 6.18 Å². The van der Waals surface area contributed by atoms with Crippen LogP contribution in [0.5, 0.6) is 0 Å². The predicted octanol–water partition coefficient (Wildman–Crippen LogP) is 4.60. The Morgan fingerprint density at radius 3 is 2.12 bits per heavy atom. The van der Waals surface area contributed by atoms with E-state index < -0.39 is 18.6 Å². The van der Waals surface area contributed by atoms with Crippen LogP contribution in [0.25, 0.3) is 0 Å². The summed E-state index contributed by atoms with van der Waals surface area (Å²) in [7, 11) is 0. The number of benzene rings is 1. The zero-order valence-electron chi connectivity index (χ0n) is 7.78. The minimum atomic E-state index is -4.38. The lowest BCUT2D eigenvalue weighted by Crippen LogP contribution is -2.20. The van der Waals surface area contributed by atoms with Crippen molar-refractivity contribution in [3.8, 4) is 0 Å². The zero-order chi connectivity index (χ0) is 12.5. The zero-order valence-corrected chi connectivity index (χ0v) is 10.1. The minimum Gasteiger partial charge on any atom is -0.324 e. The summed E-state index contributed by atoms with van der Waals surface area (Å²) in [6.07, 6.45) is -5.58. The van der Waals surface area contributed by atoms with Crippen LogP contribution >= 0.6 is 34.8 Å². The molecule has 0 aliphatic rings. The second-order valence-electron chi connectivity index (χ2n) is 3.18. The minimum absolute atomic E-state index is 0.0214. The van der Waals surface area contributed by atoms with Crippen LogP contribution in [-0.2, 0) is 0 Å². The van der Waals surface area contributed by atoms with E-state index in [-0.39, 0.29) is 20.6 Å². The summed E-state index contributed by atoms with van der Waals surface area (Å²) < 4.78 is 36.5. The molecule has 90 valence electrons. The summed E-state index contributed by atoms with van der Waals surface area (Å²) in [5.41, 5.74) is 5.43. The predicted molar refractivity (Wildman–Crippen MR) is 59.1 cm³/mol. The first-order valence-corrected chi connectivity index (χ1v) is 5.31. The van der Waals surface area contributed by atoms with E-state index in [1.165, 1.54) is 12.1 Å². The fourth-order valence-corrected chi connectivity index (χ4v) is 2.05. The van der Waals surface area contributed by atoms with Gasteiger partial charge in [-0.25, -0.2) is 0 Å². The molecule has 0 unspecified atom stereocenters. The highest BCUT2D eigenvalue weighted by molar-refractivity contribution is 6.44. The molecule has 0 bridgehead atoms. The number of hydrogen-bond donors (Lipinski definition) is 1. The van der Waals surface area contributed by atoms with Crippen molar-refractivity contribution in [3.63, 3.8) is 0 Å². The Kier molecular flexibility index (Phi) is 4.35. The van der Waals surface area contributed by atoms with E-state index in [1.54, 1.807) is 0 Å². The average Bonchev–Trinajstić information content (AvgIpc) is 2.09. The van der Waals surface area contributed by atoms with Crippen LogP contribution < -0.4 is 5.73 Å². The second kappa shape index (κ2) is 5.00. The van der Waals surface area contributed by atoms with Crippen LogP contribution in [0.15, 0.2) is 12.1 Å². The molecule has 0 radical (unpaired) electrons. The summed E-state index contributed by atoms with van der Waals surface area (Å²) in [6.45, 7) is 0. The van der Waals surface area contributed by atoms with E-state index in [0.29, 0.717) is 0 Å². The monoisotopic (exact) mass is 291 g/mol. The van der Waals surface area contributed by atoms with Crippen LogP contribution in [0.1, 0.15) is 18.0 Å². The van der Waals surface area contributed by atoms with Gasteiger partial charge in [-0.15, -0.1) is 0 Å². The standard InChI is InChI=1S/C9H7Cl3F3N/c10-4-1-2-5(11)8(12)7(4)6(16)3-9(13,14)15/h1-2,6H,3,16H2/t6-/m0/s1. The Bertz CT molecular complexity index is 392. The highest BCUT2D eigenvalue weighted by Crippen LogP contribution is 2.38. The van der Waals surface area contributed by atoms with E-state index in [0.717, 1.165) is 0 Å². The molecule has 0 fully saturated rings. The topological polar surface area (TPSA) is 26.0 Å². The quantitative estimate of drug-likeness (QED) is 0.792. The van der Waals surface area contributed by atoms with Gasteiger partial charge in [-0.05, 0) is 12.1 Å². The van der Waals surface area contributed by atoms with Crippen LogP contribution in [0.2, 0.25) is 15.1 Å². The van der Waals surface area contributed by atoms with Gasteiger partial charge in [-0.3, -0.25) is 0 Å². The van der Waals surface area contributed by atoms with Crippen LogP contribution in [0.3, 0.4) is 0 Å². The first kappa shape index (κ1) is 13.9. The normalized spacial score (nSPS) is 13.9. The van der Waals surface area contributed by atoms with E-state index in [9.17, 15) is 13.2 Å². The molecular formula is C9H7Cl3F3N. The first-order valence-electron chi connectivity index (χ1n) is 4.18. The average molecular weight is 293 g/mol. The molecule has 1 aromatic carbocycles. The van der Waals surface area contributed by atoms with E-state index in [2.05, 4.69) is 0 Å². The van der Waals surface area contributed by atoms with Crippen LogP contribution in [-0.4, -0.2) is 6.18 Å². The Hall–Kier alpha value is -0.160. The number of hydrogen-bond acceptors (Lipinski definition) is 1. The smallest absolute Gasteiger partial charge is 0.324 e. The van der Waals surface area contributed by atoms with Gasteiger partial charge in [-0.1, -0.05) is 34.8 Å². The Morgan fingerprint density at radius 1 is 1.12 bits per heavy atom. The molecule has 0 aliphatic carbocycles. The molecule has 2 N–H and O–H groups in total. The molecule has 1 atom stereocenters.